The van der Waals surface area contributed by atoms with Gasteiger partial charge in [0.05, 0.1) is 11.2 Å². The summed E-state index contributed by atoms with van der Waals surface area (Å²) in [7, 11) is 0. The van der Waals surface area contributed by atoms with Gasteiger partial charge in [-0.2, -0.15) is 5.10 Å². The monoisotopic (exact) mass is 252 g/mol. The Balaban J connectivity index is 2.43. The third kappa shape index (κ3) is 2.22. The minimum atomic E-state index is -0.378. The van der Waals surface area contributed by atoms with Crippen LogP contribution in [-0.4, -0.2) is 15.6 Å². The van der Waals surface area contributed by atoms with Crippen LogP contribution in [0.3, 0.4) is 0 Å². The fraction of sp³-hybridized carbons (Fsp3) is 0.167. The Morgan fingerprint density at radius 3 is 2.65 bits per heavy atom. The first-order valence-electron chi connectivity index (χ1n) is 5.15. The summed E-state index contributed by atoms with van der Waals surface area (Å²) in [4.78, 5) is 12.2. The summed E-state index contributed by atoms with van der Waals surface area (Å²) in [6.07, 6.45) is 1.43. The third-order valence-electron chi connectivity index (χ3n) is 2.42. The molecule has 1 aromatic carbocycles. The van der Waals surface area contributed by atoms with Gasteiger partial charge < -0.3 is 0 Å². The van der Waals surface area contributed by atoms with Crippen molar-refractivity contribution in [1.82, 2.24) is 9.78 Å². The molecule has 2 aromatic rings. The highest BCUT2D eigenvalue weighted by Crippen LogP contribution is 2.19. The maximum atomic E-state index is 12.8. The van der Waals surface area contributed by atoms with Gasteiger partial charge in [-0.25, -0.2) is 4.39 Å². The zero-order chi connectivity index (χ0) is 12.4. The summed E-state index contributed by atoms with van der Waals surface area (Å²) in [5.74, 6) is -0.633. The molecule has 17 heavy (non-hydrogen) atoms. The summed E-state index contributed by atoms with van der Waals surface area (Å²) in [6.45, 7) is 2.42. The smallest absolute Gasteiger partial charge is 0.212 e. The molecule has 0 radical (unpaired) electrons. The molecule has 0 unspecified atom stereocenters. The summed E-state index contributed by atoms with van der Waals surface area (Å²) >= 11 is 5.92. The number of nitrogens with zero attached hydrogens (tertiary/aromatic N) is 2. The predicted octanol–water partition coefficient (Wildman–Crippen LogP) is 2.93. The van der Waals surface area contributed by atoms with E-state index in [-0.39, 0.29) is 11.6 Å². The molecule has 5 heteroatoms. The molecule has 0 aliphatic carbocycles. The molecule has 0 saturated heterocycles. The van der Waals surface area contributed by atoms with E-state index >= 15 is 0 Å². The standard InChI is InChI=1S/C12H10ClFN2O/c1-2-16-11(10(13)7-15-16)12(17)8-3-5-9(14)6-4-8/h3-7H,2H2,1H3. The van der Waals surface area contributed by atoms with Gasteiger partial charge in [-0.3, -0.25) is 9.48 Å². The first kappa shape index (κ1) is 11.8. The number of aromatic nitrogens is 2. The van der Waals surface area contributed by atoms with Crippen molar-refractivity contribution < 1.29 is 9.18 Å². The first-order chi connectivity index (χ1) is 8.13. The lowest BCUT2D eigenvalue weighted by Gasteiger charge is -2.04. The van der Waals surface area contributed by atoms with Crippen molar-refractivity contribution in [2.45, 2.75) is 13.5 Å². The molecule has 0 aliphatic rings. The van der Waals surface area contributed by atoms with Crippen LogP contribution in [0.2, 0.25) is 5.02 Å². The molecule has 0 fully saturated rings. The fourth-order valence-electron chi connectivity index (χ4n) is 1.57. The van der Waals surface area contributed by atoms with Crippen molar-refractivity contribution in [1.29, 1.82) is 0 Å². The van der Waals surface area contributed by atoms with Crippen LogP contribution >= 0.6 is 11.6 Å². The number of hydrogen-bond donors (Lipinski definition) is 0. The van der Waals surface area contributed by atoms with Crippen LogP contribution in [-0.2, 0) is 6.54 Å². The van der Waals surface area contributed by atoms with E-state index in [0.717, 1.165) is 0 Å². The van der Waals surface area contributed by atoms with E-state index in [0.29, 0.717) is 22.8 Å². The molecule has 0 N–H and O–H groups in total. The van der Waals surface area contributed by atoms with E-state index in [1.165, 1.54) is 35.1 Å². The summed E-state index contributed by atoms with van der Waals surface area (Å²) in [6, 6.07) is 5.35. The Kier molecular flexibility index (Phi) is 3.24. The molecule has 88 valence electrons. The molecular formula is C12H10ClFN2O. The molecule has 3 nitrogen and oxygen atoms in total. The number of carbonyl (C=O) groups is 1. The number of ketones is 1. The normalized spacial score (nSPS) is 10.5. The van der Waals surface area contributed by atoms with Gasteiger partial charge in [0.15, 0.2) is 0 Å². The lowest BCUT2D eigenvalue weighted by Crippen LogP contribution is -2.11. The minimum Gasteiger partial charge on any atom is -0.287 e. The summed E-state index contributed by atoms with van der Waals surface area (Å²) in [5, 5.41) is 4.29. The molecule has 2 rings (SSSR count). The van der Waals surface area contributed by atoms with E-state index in [9.17, 15) is 9.18 Å². The lowest BCUT2D eigenvalue weighted by molar-refractivity contribution is 0.102. The highest BCUT2D eigenvalue weighted by Gasteiger charge is 2.18. The minimum absolute atomic E-state index is 0.255. The van der Waals surface area contributed by atoms with Crippen molar-refractivity contribution in [3.05, 3.63) is 52.6 Å². The van der Waals surface area contributed by atoms with Crippen molar-refractivity contribution in [3.63, 3.8) is 0 Å². The van der Waals surface area contributed by atoms with Crippen LogP contribution in [0.25, 0.3) is 0 Å². The van der Waals surface area contributed by atoms with E-state index < -0.39 is 0 Å². The molecular weight excluding hydrogens is 243 g/mol. The molecule has 1 aromatic heterocycles. The maximum absolute atomic E-state index is 12.8. The van der Waals surface area contributed by atoms with Crippen molar-refractivity contribution in [2.24, 2.45) is 0 Å². The van der Waals surface area contributed by atoms with Gasteiger partial charge in [0.1, 0.15) is 11.5 Å². The molecule has 0 spiro atoms. The van der Waals surface area contributed by atoms with Crippen LogP contribution < -0.4 is 0 Å². The molecule has 0 amide bonds. The van der Waals surface area contributed by atoms with E-state index in [4.69, 9.17) is 11.6 Å². The Bertz CT molecular complexity index is 548. The lowest BCUT2D eigenvalue weighted by atomic mass is 10.1. The average Bonchev–Trinajstić information content (AvgIpc) is 2.70. The van der Waals surface area contributed by atoms with Crippen LogP contribution in [0.5, 0.6) is 0 Å². The molecule has 0 atom stereocenters. The number of carbonyl (C=O) groups excluding carboxylic acids is 1. The Hall–Kier alpha value is -1.68. The topological polar surface area (TPSA) is 34.9 Å². The Morgan fingerprint density at radius 2 is 2.06 bits per heavy atom. The summed E-state index contributed by atoms with van der Waals surface area (Å²) in [5.41, 5.74) is 0.726. The highest BCUT2D eigenvalue weighted by atomic mass is 35.5. The van der Waals surface area contributed by atoms with Crippen molar-refractivity contribution >= 4 is 17.4 Å². The quantitative estimate of drug-likeness (QED) is 0.788. The summed E-state index contributed by atoms with van der Waals surface area (Å²) < 4.78 is 14.3. The van der Waals surface area contributed by atoms with E-state index in [2.05, 4.69) is 5.10 Å². The molecule has 0 aliphatic heterocycles. The van der Waals surface area contributed by atoms with Gasteiger partial charge in [-0.15, -0.1) is 0 Å². The van der Waals surface area contributed by atoms with Gasteiger partial charge in [0, 0.05) is 12.1 Å². The second-order valence-corrected chi connectivity index (χ2v) is 3.90. The van der Waals surface area contributed by atoms with Crippen LogP contribution in [0, 0.1) is 5.82 Å². The number of hydrogen-bond acceptors (Lipinski definition) is 2. The van der Waals surface area contributed by atoms with Gasteiger partial charge in [-0.05, 0) is 31.2 Å². The van der Waals surface area contributed by atoms with Gasteiger partial charge >= 0.3 is 0 Å². The predicted molar refractivity (Wildman–Crippen MR) is 62.7 cm³/mol. The third-order valence-corrected chi connectivity index (χ3v) is 2.69. The van der Waals surface area contributed by atoms with Gasteiger partial charge in [-0.1, -0.05) is 11.6 Å². The molecule has 0 bridgehead atoms. The van der Waals surface area contributed by atoms with Crippen molar-refractivity contribution in [2.75, 3.05) is 0 Å². The zero-order valence-electron chi connectivity index (χ0n) is 9.15. The van der Waals surface area contributed by atoms with Crippen LogP contribution in [0.15, 0.2) is 30.5 Å². The number of halogens is 2. The second kappa shape index (κ2) is 4.67. The maximum Gasteiger partial charge on any atom is 0.212 e. The second-order valence-electron chi connectivity index (χ2n) is 3.49. The van der Waals surface area contributed by atoms with Crippen molar-refractivity contribution in [3.8, 4) is 0 Å². The van der Waals surface area contributed by atoms with E-state index in [1.807, 2.05) is 6.92 Å². The van der Waals surface area contributed by atoms with Gasteiger partial charge in [0.2, 0.25) is 5.78 Å². The molecule has 1 heterocycles. The molecule has 0 saturated carbocycles. The number of rotatable bonds is 3. The zero-order valence-corrected chi connectivity index (χ0v) is 9.91. The highest BCUT2D eigenvalue weighted by molar-refractivity contribution is 6.34. The largest absolute Gasteiger partial charge is 0.287 e. The fourth-order valence-corrected chi connectivity index (χ4v) is 1.79. The number of aryl methyl sites for hydroxylation is 1. The van der Waals surface area contributed by atoms with Crippen LogP contribution in [0.4, 0.5) is 4.39 Å². The Labute approximate surface area is 103 Å². The Morgan fingerprint density at radius 1 is 1.41 bits per heavy atom. The number of benzene rings is 1. The average molecular weight is 253 g/mol. The first-order valence-corrected chi connectivity index (χ1v) is 5.53. The van der Waals surface area contributed by atoms with E-state index in [1.54, 1.807) is 0 Å². The van der Waals surface area contributed by atoms with Crippen LogP contribution in [0.1, 0.15) is 23.0 Å². The van der Waals surface area contributed by atoms with Gasteiger partial charge in [0.25, 0.3) is 0 Å². The SMILES string of the molecule is CCn1ncc(Cl)c1C(=O)c1ccc(F)cc1.